The highest BCUT2D eigenvalue weighted by Crippen LogP contribution is 2.13. The van der Waals surface area contributed by atoms with Crippen molar-refractivity contribution in [1.82, 2.24) is 9.47 Å². The van der Waals surface area contributed by atoms with Gasteiger partial charge in [-0.1, -0.05) is 18.2 Å². The van der Waals surface area contributed by atoms with E-state index in [9.17, 15) is 9.18 Å². The van der Waals surface area contributed by atoms with Crippen molar-refractivity contribution in [2.75, 3.05) is 6.54 Å². The molecule has 1 aromatic heterocycles. The Hall–Kier alpha value is -2.07. The van der Waals surface area contributed by atoms with E-state index in [0.717, 1.165) is 11.3 Å². The van der Waals surface area contributed by atoms with E-state index in [1.54, 1.807) is 24.0 Å². The average molecular weight is 335 g/mol. The van der Waals surface area contributed by atoms with E-state index in [4.69, 9.17) is 11.6 Å². The average Bonchev–Trinajstić information content (AvgIpc) is 2.93. The fourth-order valence-electron chi connectivity index (χ4n) is 2.41. The summed E-state index contributed by atoms with van der Waals surface area (Å²) in [6.45, 7) is 6.76. The monoisotopic (exact) mass is 334 g/mol. The van der Waals surface area contributed by atoms with E-state index in [0.29, 0.717) is 19.6 Å². The second-order valence-corrected chi connectivity index (χ2v) is 6.04. The predicted octanol–water partition coefficient (Wildman–Crippen LogP) is 3.82. The van der Waals surface area contributed by atoms with Gasteiger partial charge in [0.15, 0.2) is 0 Å². The van der Waals surface area contributed by atoms with E-state index < -0.39 is 5.38 Å². The van der Waals surface area contributed by atoms with Crippen LogP contribution >= 0.6 is 11.6 Å². The molecule has 2 aromatic rings. The molecule has 0 bridgehead atoms. The number of hydrogen-bond donors (Lipinski definition) is 0. The fraction of sp³-hybridized carbons (Fsp3) is 0.278. The fourth-order valence-corrected chi connectivity index (χ4v) is 2.55. The smallest absolute Gasteiger partial charge is 0.240 e. The first kappa shape index (κ1) is 17.3. The molecule has 0 radical (unpaired) electrons. The highest BCUT2D eigenvalue weighted by Gasteiger charge is 2.18. The summed E-state index contributed by atoms with van der Waals surface area (Å²) in [6, 6.07) is 10.4. The summed E-state index contributed by atoms with van der Waals surface area (Å²) in [6.07, 6.45) is 3.60. The molecule has 0 aliphatic carbocycles. The molecule has 3 nitrogen and oxygen atoms in total. The summed E-state index contributed by atoms with van der Waals surface area (Å²) in [7, 11) is 0. The summed E-state index contributed by atoms with van der Waals surface area (Å²) in [5.41, 5.74) is 1.83. The van der Waals surface area contributed by atoms with Gasteiger partial charge in [0.25, 0.3) is 0 Å². The molecule has 1 atom stereocenters. The Morgan fingerprint density at radius 1 is 1.43 bits per heavy atom. The van der Waals surface area contributed by atoms with Crippen molar-refractivity contribution >= 4 is 17.5 Å². The molecule has 0 fully saturated rings. The zero-order chi connectivity index (χ0) is 16.8. The Morgan fingerprint density at radius 2 is 2.22 bits per heavy atom. The minimum absolute atomic E-state index is 0.134. The van der Waals surface area contributed by atoms with Gasteiger partial charge in [-0.2, -0.15) is 0 Å². The van der Waals surface area contributed by atoms with E-state index in [1.165, 1.54) is 12.1 Å². The third-order valence-electron chi connectivity index (χ3n) is 3.52. The van der Waals surface area contributed by atoms with E-state index >= 15 is 0 Å². The van der Waals surface area contributed by atoms with Gasteiger partial charge in [-0.15, -0.1) is 18.2 Å². The first-order chi connectivity index (χ1) is 11.0. The van der Waals surface area contributed by atoms with Crippen LogP contribution in [0.4, 0.5) is 4.39 Å². The van der Waals surface area contributed by atoms with Crippen molar-refractivity contribution in [3.8, 4) is 0 Å². The molecule has 1 amide bonds. The first-order valence-electron chi connectivity index (χ1n) is 7.43. The number of hydrogen-bond acceptors (Lipinski definition) is 1. The van der Waals surface area contributed by atoms with Gasteiger partial charge in [-0.05, 0) is 36.8 Å². The minimum atomic E-state index is -0.582. The van der Waals surface area contributed by atoms with Gasteiger partial charge in [0, 0.05) is 25.0 Å². The lowest BCUT2D eigenvalue weighted by Crippen LogP contribution is -2.36. The maximum Gasteiger partial charge on any atom is 0.240 e. The molecule has 2 rings (SSSR count). The SMILES string of the molecule is C=CCN(Cc1cccn1Cc1cccc(F)c1)C(=O)C(C)Cl. The van der Waals surface area contributed by atoms with Crippen LogP contribution in [0.2, 0.25) is 0 Å². The highest BCUT2D eigenvalue weighted by atomic mass is 35.5. The second-order valence-electron chi connectivity index (χ2n) is 5.38. The lowest BCUT2D eigenvalue weighted by Gasteiger charge is -2.23. The number of aromatic nitrogens is 1. The number of rotatable bonds is 7. The Kier molecular flexibility index (Phi) is 5.99. The van der Waals surface area contributed by atoms with Crippen LogP contribution in [0.15, 0.2) is 55.3 Å². The molecule has 1 unspecified atom stereocenters. The van der Waals surface area contributed by atoms with Crippen LogP contribution in [0, 0.1) is 5.82 Å². The molecule has 1 heterocycles. The third kappa shape index (κ3) is 4.70. The van der Waals surface area contributed by atoms with Crippen molar-refractivity contribution in [3.63, 3.8) is 0 Å². The number of carbonyl (C=O) groups is 1. The Labute approximate surface area is 141 Å². The Bertz CT molecular complexity index is 681. The molecule has 0 saturated carbocycles. The standard InChI is InChI=1S/C18H20ClFN2O/c1-3-9-22(18(23)14(2)19)13-17-8-5-10-21(17)12-15-6-4-7-16(20)11-15/h3-8,10-11,14H,1,9,12-13H2,2H3. The molecular weight excluding hydrogens is 315 g/mol. The van der Waals surface area contributed by atoms with Gasteiger partial charge in [0.05, 0.1) is 6.54 Å². The molecular formula is C18H20ClFN2O. The Balaban J connectivity index is 2.16. The van der Waals surface area contributed by atoms with E-state index in [1.807, 2.05) is 29.0 Å². The number of halogens is 2. The van der Waals surface area contributed by atoms with Gasteiger partial charge in [-0.25, -0.2) is 4.39 Å². The van der Waals surface area contributed by atoms with Gasteiger partial charge < -0.3 is 9.47 Å². The molecule has 0 aliphatic heterocycles. The molecule has 0 saturated heterocycles. The van der Waals surface area contributed by atoms with Gasteiger partial charge >= 0.3 is 0 Å². The largest absolute Gasteiger partial charge is 0.345 e. The molecule has 5 heteroatoms. The van der Waals surface area contributed by atoms with Crippen LogP contribution in [0.25, 0.3) is 0 Å². The predicted molar refractivity (Wildman–Crippen MR) is 90.9 cm³/mol. The van der Waals surface area contributed by atoms with Crippen molar-refractivity contribution in [1.29, 1.82) is 0 Å². The number of amides is 1. The quantitative estimate of drug-likeness (QED) is 0.558. The van der Waals surface area contributed by atoms with Crippen molar-refractivity contribution in [2.45, 2.75) is 25.4 Å². The van der Waals surface area contributed by atoms with Gasteiger partial charge in [-0.3, -0.25) is 4.79 Å². The number of alkyl halides is 1. The van der Waals surface area contributed by atoms with Crippen molar-refractivity contribution < 1.29 is 9.18 Å². The van der Waals surface area contributed by atoms with E-state index in [-0.39, 0.29) is 11.7 Å². The van der Waals surface area contributed by atoms with Crippen LogP contribution in [0.3, 0.4) is 0 Å². The molecule has 23 heavy (non-hydrogen) atoms. The maximum atomic E-state index is 13.3. The minimum Gasteiger partial charge on any atom is -0.345 e. The topological polar surface area (TPSA) is 25.2 Å². The molecule has 1 aromatic carbocycles. The zero-order valence-electron chi connectivity index (χ0n) is 13.1. The van der Waals surface area contributed by atoms with Crippen LogP contribution in [0.1, 0.15) is 18.2 Å². The summed E-state index contributed by atoms with van der Waals surface area (Å²) in [5.74, 6) is -0.388. The van der Waals surface area contributed by atoms with Gasteiger partial charge in [0.2, 0.25) is 5.91 Å². The Morgan fingerprint density at radius 3 is 2.87 bits per heavy atom. The highest BCUT2D eigenvalue weighted by molar-refractivity contribution is 6.30. The van der Waals surface area contributed by atoms with Crippen LogP contribution < -0.4 is 0 Å². The summed E-state index contributed by atoms with van der Waals surface area (Å²) in [4.78, 5) is 13.8. The number of nitrogens with zero attached hydrogens (tertiary/aromatic N) is 2. The number of benzene rings is 1. The lowest BCUT2D eigenvalue weighted by molar-refractivity contribution is -0.130. The molecule has 0 aliphatic rings. The van der Waals surface area contributed by atoms with Gasteiger partial charge in [0.1, 0.15) is 11.2 Å². The first-order valence-corrected chi connectivity index (χ1v) is 7.87. The molecule has 122 valence electrons. The molecule has 0 spiro atoms. The van der Waals surface area contributed by atoms with E-state index in [2.05, 4.69) is 6.58 Å². The van der Waals surface area contributed by atoms with Crippen LogP contribution in [0.5, 0.6) is 0 Å². The van der Waals surface area contributed by atoms with Crippen LogP contribution in [-0.4, -0.2) is 27.3 Å². The zero-order valence-corrected chi connectivity index (χ0v) is 13.8. The summed E-state index contributed by atoms with van der Waals surface area (Å²) >= 11 is 5.91. The third-order valence-corrected chi connectivity index (χ3v) is 3.71. The van der Waals surface area contributed by atoms with Crippen molar-refractivity contribution in [3.05, 3.63) is 72.3 Å². The normalized spacial score (nSPS) is 12.0. The van der Waals surface area contributed by atoms with Crippen molar-refractivity contribution in [2.24, 2.45) is 0 Å². The maximum absolute atomic E-state index is 13.3. The lowest BCUT2D eigenvalue weighted by atomic mass is 10.2. The summed E-state index contributed by atoms with van der Waals surface area (Å²) < 4.78 is 15.3. The van der Waals surface area contributed by atoms with Crippen LogP contribution in [-0.2, 0) is 17.9 Å². The second kappa shape index (κ2) is 7.97. The number of carbonyl (C=O) groups excluding carboxylic acids is 1. The summed E-state index contributed by atoms with van der Waals surface area (Å²) in [5, 5.41) is -0.582. The molecule has 0 N–H and O–H groups in total.